The lowest BCUT2D eigenvalue weighted by Gasteiger charge is -2.08. The zero-order valence-corrected chi connectivity index (χ0v) is 12.3. The third-order valence-corrected chi connectivity index (χ3v) is 3.62. The van der Waals surface area contributed by atoms with Gasteiger partial charge in [0.25, 0.3) is 0 Å². The van der Waals surface area contributed by atoms with Gasteiger partial charge in [-0.25, -0.2) is 0 Å². The summed E-state index contributed by atoms with van der Waals surface area (Å²) in [7, 11) is -0.254. The Bertz CT molecular complexity index is 479. The van der Waals surface area contributed by atoms with Crippen molar-refractivity contribution >= 4 is 20.5 Å². The summed E-state index contributed by atoms with van der Waals surface area (Å²) in [5, 5.41) is 2.57. The van der Waals surface area contributed by atoms with Crippen LogP contribution in [0, 0.1) is 0 Å². The zero-order chi connectivity index (χ0) is 12.6. The van der Waals surface area contributed by atoms with E-state index in [0.717, 1.165) is 19.6 Å². The van der Waals surface area contributed by atoms with Crippen LogP contribution in [0.25, 0.3) is 10.8 Å². The molecule has 18 heavy (non-hydrogen) atoms. The van der Waals surface area contributed by atoms with E-state index in [1.807, 2.05) is 0 Å². The third kappa shape index (κ3) is 3.67. The monoisotopic (exact) mass is 260 g/mol. The molecule has 0 amide bonds. The van der Waals surface area contributed by atoms with E-state index in [1.165, 1.54) is 16.3 Å². The zero-order valence-electron chi connectivity index (χ0n) is 10.9. The second-order valence-electron chi connectivity index (χ2n) is 4.24. The largest absolute Gasteiger partial charge is 0.424 e. The Morgan fingerprint density at radius 3 is 2.72 bits per heavy atom. The first-order valence-electron chi connectivity index (χ1n) is 6.54. The quantitative estimate of drug-likeness (QED) is 0.563. The molecule has 2 aromatic carbocycles. The van der Waals surface area contributed by atoms with Gasteiger partial charge in [0.15, 0.2) is 9.76 Å². The summed E-state index contributed by atoms with van der Waals surface area (Å²) in [5.74, 6) is 0. The van der Waals surface area contributed by atoms with E-state index in [2.05, 4.69) is 49.0 Å². The molecule has 0 fully saturated rings. The van der Waals surface area contributed by atoms with Gasteiger partial charge in [-0.15, -0.1) is 0 Å². The van der Waals surface area contributed by atoms with Gasteiger partial charge in [-0.2, -0.15) is 0 Å². The smallest absolute Gasteiger partial charge is 0.158 e. The van der Waals surface area contributed by atoms with Gasteiger partial charge in [-0.05, 0) is 22.8 Å². The summed E-state index contributed by atoms with van der Waals surface area (Å²) in [4.78, 5) is 0. The first kappa shape index (κ1) is 13.3. The standard InChI is InChI=1S/C15H20O2Si/c1-18-17-11-5-10-16-12-14-8-4-7-13-6-2-3-9-15(13)14/h2-4,6-9H,5,10-12,18H2,1H3. The van der Waals surface area contributed by atoms with Crippen LogP contribution in [0.5, 0.6) is 0 Å². The number of hydrogen-bond acceptors (Lipinski definition) is 2. The molecule has 0 heterocycles. The van der Waals surface area contributed by atoms with Gasteiger partial charge in [0.1, 0.15) is 0 Å². The highest BCUT2D eigenvalue weighted by Gasteiger charge is 1.99. The van der Waals surface area contributed by atoms with Crippen molar-refractivity contribution in [3.05, 3.63) is 48.0 Å². The van der Waals surface area contributed by atoms with Crippen molar-refractivity contribution in [2.75, 3.05) is 13.2 Å². The molecule has 0 saturated carbocycles. The SMILES string of the molecule is C[SiH2]OCCCOCc1cccc2ccccc12. The highest BCUT2D eigenvalue weighted by atomic mass is 28.2. The van der Waals surface area contributed by atoms with Crippen LogP contribution in [-0.2, 0) is 15.8 Å². The highest BCUT2D eigenvalue weighted by molar-refractivity contribution is 6.24. The van der Waals surface area contributed by atoms with Crippen LogP contribution in [-0.4, -0.2) is 23.0 Å². The number of ether oxygens (including phenoxy) is 1. The maximum atomic E-state index is 5.71. The molecule has 0 N–H and O–H groups in total. The second-order valence-corrected chi connectivity index (χ2v) is 5.23. The van der Waals surface area contributed by atoms with Crippen molar-refractivity contribution < 1.29 is 9.16 Å². The van der Waals surface area contributed by atoms with Crippen molar-refractivity contribution in [3.63, 3.8) is 0 Å². The van der Waals surface area contributed by atoms with Crippen molar-refractivity contribution in [1.82, 2.24) is 0 Å². The predicted molar refractivity (Wildman–Crippen MR) is 78.6 cm³/mol. The summed E-state index contributed by atoms with van der Waals surface area (Å²) in [5.41, 5.74) is 1.26. The Balaban J connectivity index is 1.88. The molecule has 0 radical (unpaired) electrons. The molecule has 2 aromatic rings. The predicted octanol–water partition coefficient (Wildman–Crippen LogP) is 2.90. The van der Waals surface area contributed by atoms with E-state index in [9.17, 15) is 0 Å². The van der Waals surface area contributed by atoms with Gasteiger partial charge in [0, 0.05) is 13.2 Å². The molecule has 96 valence electrons. The molecule has 0 aliphatic heterocycles. The molecule has 2 rings (SSSR count). The van der Waals surface area contributed by atoms with Crippen LogP contribution in [0.1, 0.15) is 12.0 Å². The molecular formula is C15H20O2Si. The molecular weight excluding hydrogens is 240 g/mol. The fraction of sp³-hybridized carbons (Fsp3) is 0.333. The van der Waals surface area contributed by atoms with Gasteiger partial charge in [0.05, 0.1) is 6.61 Å². The molecule has 2 nitrogen and oxygen atoms in total. The van der Waals surface area contributed by atoms with Gasteiger partial charge >= 0.3 is 0 Å². The Labute approximate surface area is 111 Å². The molecule has 3 heteroatoms. The minimum Gasteiger partial charge on any atom is -0.424 e. The molecule has 0 aliphatic rings. The number of benzene rings is 2. The molecule has 0 bridgehead atoms. The minimum absolute atomic E-state index is 0.254. The second kappa shape index (κ2) is 7.31. The highest BCUT2D eigenvalue weighted by Crippen LogP contribution is 2.19. The van der Waals surface area contributed by atoms with E-state index >= 15 is 0 Å². The van der Waals surface area contributed by atoms with Crippen LogP contribution < -0.4 is 0 Å². The summed E-state index contributed by atoms with van der Waals surface area (Å²) in [6.45, 7) is 4.46. The average Bonchev–Trinajstić information content (AvgIpc) is 2.43. The molecule has 0 atom stereocenters. The Morgan fingerprint density at radius 2 is 1.83 bits per heavy atom. The topological polar surface area (TPSA) is 18.5 Å². The third-order valence-electron chi connectivity index (χ3n) is 2.92. The van der Waals surface area contributed by atoms with Crippen LogP contribution in [0.3, 0.4) is 0 Å². The van der Waals surface area contributed by atoms with E-state index in [0.29, 0.717) is 6.61 Å². The fourth-order valence-electron chi connectivity index (χ4n) is 2.01. The van der Waals surface area contributed by atoms with E-state index < -0.39 is 0 Å². The maximum Gasteiger partial charge on any atom is 0.158 e. The van der Waals surface area contributed by atoms with Crippen LogP contribution in [0.15, 0.2) is 42.5 Å². The van der Waals surface area contributed by atoms with Gasteiger partial charge in [-0.3, -0.25) is 0 Å². The van der Waals surface area contributed by atoms with E-state index in [4.69, 9.17) is 9.16 Å². The summed E-state index contributed by atoms with van der Waals surface area (Å²) in [6.07, 6.45) is 0.992. The first-order chi connectivity index (χ1) is 8.92. The number of hydrogen-bond donors (Lipinski definition) is 0. The van der Waals surface area contributed by atoms with Crippen molar-refractivity contribution in [3.8, 4) is 0 Å². The van der Waals surface area contributed by atoms with Gasteiger partial charge in [-0.1, -0.05) is 49.0 Å². The molecule has 0 aliphatic carbocycles. The van der Waals surface area contributed by atoms with Crippen molar-refractivity contribution in [2.45, 2.75) is 19.6 Å². The average molecular weight is 260 g/mol. The minimum atomic E-state index is -0.254. The lowest BCUT2D eigenvalue weighted by Crippen LogP contribution is -2.02. The lowest BCUT2D eigenvalue weighted by molar-refractivity contribution is 0.108. The van der Waals surface area contributed by atoms with Crippen LogP contribution >= 0.6 is 0 Å². The normalized spacial score (nSPS) is 11.6. The maximum absolute atomic E-state index is 5.71. The van der Waals surface area contributed by atoms with E-state index in [-0.39, 0.29) is 9.76 Å². The van der Waals surface area contributed by atoms with Crippen molar-refractivity contribution in [1.29, 1.82) is 0 Å². The van der Waals surface area contributed by atoms with E-state index in [1.54, 1.807) is 0 Å². The van der Waals surface area contributed by atoms with Crippen LogP contribution in [0.2, 0.25) is 6.55 Å². The summed E-state index contributed by atoms with van der Waals surface area (Å²) < 4.78 is 11.1. The fourth-order valence-corrected chi connectivity index (χ4v) is 2.50. The van der Waals surface area contributed by atoms with Crippen LogP contribution in [0.4, 0.5) is 0 Å². The molecule has 0 aromatic heterocycles. The Morgan fingerprint density at radius 1 is 1.00 bits per heavy atom. The molecule has 0 spiro atoms. The molecule has 0 unspecified atom stereocenters. The van der Waals surface area contributed by atoms with Gasteiger partial charge in [0.2, 0.25) is 0 Å². The summed E-state index contributed by atoms with van der Waals surface area (Å²) in [6, 6.07) is 14.8. The Hall–Kier alpha value is -1.16. The number of rotatable bonds is 7. The van der Waals surface area contributed by atoms with Gasteiger partial charge < -0.3 is 9.16 Å². The molecule has 0 saturated heterocycles. The van der Waals surface area contributed by atoms with Crippen molar-refractivity contribution in [2.24, 2.45) is 0 Å². The number of fused-ring (bicyclic) bond motifs is 1. The first-order valence-corrected chi connectivity index (χ1v) is 8.53. The lowest BCUT2D eigenvalue weighted by atomic mass is 10.1. The summed E-state index contributed by atoms with van der Waals surface area (Å²) >= 11 is 0. The Kier molecular flexibility index (Phi) is 5.39.